The summed E-state index contributed by atoms with van der Waals surface area (Å²) in [6, 6.07) is 18.0. The van der Waals surface area contributed by atoms with Crippen LogP contribution in [0.5, 0.6) is 0 Å². The summed E-state index contributed by atoms with van der Waals surface area (Å²) in [5, 5.41) is 4.70. The highest BCUT2D eigenvalue weighted by Gasteiger charge is 2.18. The molecule has 1 N–H and O–H groups in total. The van der Waals surface area contributed by atoms with Crippen molar-refractivity contribution < 1.29 is 9.59 Å². The van der Waals surface area contributed by atoms with Crippen molar-refractivity contribution in [3.05, 3.63) is 87.6 Å². The molecule has 0 atom stereocenters. The largest absolute Gasteiger partial charge is 0.322 e. The van der Waals surface area contributed by atoms with Crippen LogP contribution in [0.1, 0.15) is 31.2 Å². The SMILES string of the molecule is Cc1cccc(NC(=O)c2ccccc2C(=O)c2cccs2)c1. The molecule has 0 bridgehead atoms. The van der Waals surface area contributed by atoms with Crippen LogP contribution in [0.25, 0.3) is 0 Å². The maximum Gasteiger partial charge on any atom is 0.256 e. The molecule has 2 aromatic carbocycles. The van der Waals surface area contributed by atoms with Crippen LogP contribution in [0.15, 0.2) is 66.0 Å². The first kappa shape index (κ1) is 15.2. The molecule has 114 valence electrons. The number of hydrogen-bond acceptors (Lipinski definition) is 3. The summed E-state index contributed by atoms with van der Waals surface area (Å²) in [7, 11) is 0. The standard InChI is InChI=1S/C19H15NO2S/c1-13-6-4-7-14(12-13)20-19(22)16-9-3-2-8-15(16)18(21)17-10-5-11-23-17/h2-12H,1H3,(H,20,22). The monoisotopic (exact) mass is 321 g/mol. The van der Waals surface area contributed by atoms with Gasteiger partial charge in [-0.25, -0.2) is 0 Å². The van der Waals surface area contributed by atoms with Gasteiger partial charge in [0.1, 0.15) is 0 Å². The number of hydrogen-bond donors (Lipinski definition) is 1. The lowest BCUT2D eigenvalue weighted by atomic mass is 10.0. The molecule has 0 aliphatic heterocycles. The normalized spacial score (nSPS) is 10.3. The van der Waals surface area contributed by atoms with Gasteiger partial charge in [0.05, 0.1) is 10.4 Å². The van der Waals surface area contributed by atoms with Crippen LogP contribution in [-0.4, -0.2) is 11.7 Å². The summed E-state index contributed by atoms with van der Waals surface area (Å²) in [5.41, 5.74) is 2.58. The molecule has 0 aliphatic rings. The minimum atomic E-state index is -0.281. The van der Waals surface area contributed by atoms with E-state index >= 15 is 0 Å². The second-order valence-electron chi connectivity index (χ2n) is 5.18. The minimum absolute atomic E-state index is 0.130. The number of anilines is 1. The van der Waals surface area contributed by atoms with E-state index in [1.807, 2.05) is 42.6 Å². The van der Waals surface area contributed by atoms with E-state index in [2.05, 4.69) is 5.32 Å². The molecule has 1 heterocycles. The Kier molecular flexibility index (Phi) is 4.35. The van der Waals surface area contributed by atoms with E-state index in [4.69, 9.17) is 0 Å². The third-order valence-corrected chi connectivity index (χ3v) is 4.31. The molecule has 1 aromatic heterocycles. The topological polar surface area (TPSA) is 46.2 Å². The highest BCUT2D eigenvalue weighted by molar-refractivity contribution is 7.12. The summed E-state index contributed by atoms with van der Waals surface area (Å²) in [6.07, 6.45) is 0. The van der Waals surface area contributed by atoms with Gasteiger partial charge in [0, 0.05) is 11.3 Å². The zero-order chi connectivity index (χ0) is 16.2. The number of thiophene rings is 1. The Bertz CT molecular complexity index is 853. The fraction of sp³-hybridized carbons (Fsp3) is 0.0526. The van der Waals surface area contributed by atoms with Gasteiger partial charge in [-0.3, -0.25) is 9.59 Å². The highest BCUT2D eigenvalue weighted by atomic mass is 32.1. The van der Waals surface area contributed by atoms with Crippen molar-refractivity contribution in [2.75, 3.05) is 5.32 Å². The van der Waals surface area contributed by atoms with Crippen LogP contribution in [0.4, 0.5) is 5.69 Å². The van der Waals surface area contributed by atoms with Crippen molar-refractivity contribution in [3.63, 3.8) is 0 Å². The van der Waals surface area contributed by atoms with Crippen LogP contribution < -0.4 is 5.32 Å². The summed E-state index contributed by atoms with van der Waals surface area (Å²) >= 11 is 1.37. The quantitative estimate of drug-likeness (QED) is 0.717. The summed E-state index contributed by atoms with van der Waals surface area (Å²) in [4.78, 5) is 25.8. The number of amides is 1. The lowest BCUT2D eigenvalue weighted by Gasteiger charge is -2.09. The fourth-order valence-corrected chi connectivity index (χ4v) is 3.02. The molecule has 0 radical (unpaired) electrons. The Balaban J connectivity index is 1.91. The smallest absolute Gasteiger partial charge is 0.256 e. The Morgan fingerprint density at radius 1 is 0.913 bits per heavy atom. The van der Waals surface area contributed by atoms with Gasteiger partial charge in [0.25, 0.3) is 5.91 Å². The molecule has 23 heavy (non-hydrogen) atoms. The van der Waals surface area contributed by atoms with Gasteiger partial charge in [-0.15, -0.1) is 11.3 Å². The predicted octanol–water partition coefficient (Wildman–Crippen LogP) is 4.54. The molecule has 0 fully saturated rings. The number of rotatable bonds is 4. The van der Waals surface area contributed by atoms with E-state index in [0.29, 0.717) is 21.7 Å². The van der Waals surface area contributed by atoms with Gasteiger partial charge in [-0.2, -0.15) is 0 Å². The summed E-state index contributed by atoms with van der Waals surface area (Å²) in [5.74, 6) is -0.411. The molecule has 0 unspecified atom stereocenters. The van der Waals surface area contributed by atoms with E-state index in [1.54, 1.807) is 30.3 Å². The van der Waals surface area contributed by atoms with Gasteiger partial charge < -0.3 is 5.32 Å². The molecule has 0 aliphatic carbocycles. The van der Waals surface area contributed by atoms with Gasteiger partial charge in [-0.1, -0.05) is 36.4 Å². The highest BCUT2D eigenvalue weighted by Crippen LogP contribution is 2.20. The predicted molar refractivity (Wildman–Crippen MR) is 93.3 cm³/mol. The number of carbonyl (C=O) groups excluding carboxylic acids is 2. The minimum Gasteiger partial charge on any atom is -0.322 e. The van der Waals surface area contributed by atoms with Gasteiger partial charge in [0.15, 0.2) is 0 Å². The maximum absolute atomic E-state index is 12.6. The second-order valence-corrected chi connectivity index (χ2v) is 6.12. The first-order chi connectivity index (χ1) is 11.1. The van der Waals surface area contributed by atoms with Crippen molar-refractivity contribution in [1.82, 2.24) is 0 Å². The zero-order valence-electron chi connectivity index (χ0n) is 12.6. The van der Waals surface area contributed by atoms with Crippen LogP contribution in [0.2, 0.25) is 0 Å². The average Bonchev–Trinajstić information content (AvgIpc) is 3.08. The van der Waals surface area contributed by atoms with Crippen molar-refractivity contribution in [2.24, 2.45) is 0 Å². The molecule has 1 amide bonds. The van der Waals surface area contributed by atoms with E-state index in [0.717, 1.165) is 5.56 Å². The molecular formula is C19H15NO2S. The lowest BCUT2D eigenvalue weighted by molar-refractivity contribution is 0.0998. The van der Waals surface area contributed by atoms with E-state index in [9.17, 15) is 9.59 Å². The summed E-state index contributed by atoms with van der Waals surface area (Å²) < 4.78 is 0. The van der Waals surface area contributed by atoms with Crippen molar-refractivity contribution in [1.29, 1.82) is 0 Å². The van der Waals surface area contributed by atoms with Gasteiger partial charge in [0.2, 0.25) is 5.78 Å². The van der Waals surface area contributed by atoms with Crippen LogP contribution in [-0.2, 0) is 0 Å². The van der Waals surface area contributed by atoms with Gasteiger partial charge >= 0.3 is 0 Å². The van der Waals surface area contributed by atoms with Crippen molar-refractivity contribution in [2.45, 2.75) is 6.92 Å². The van der Waals surface area contributed by atoms with Crippen LogP contribution in [0, 0.1) is 6.92 Å². The lowest BCUT2D eigenvalue weighted by Crippen LogP contribution is -2.16. The van der Waals surface area contributed by atoms with Crippen LogP contribution >= 0.6 is 11.3 Å². The van der Waals surface area contributed by atoms with Gasteiger partial charge in [-0.05, 0) is 42.1 Å². The first-order valence-corrected chi connectivity index (χ1v) is 8.08. The number of nitrogens with one attached hydrogen (secondary N) is 1. The van der Waals surface area contributed by atoms with E-state index < -0.39 is 0 Å². The third kappa shape index (κ3) is 3.38. The molecular weight excluding hydrogens is 306 g/mol. The number of ketones is 1. The van der Waals surface area contributed by atoms with Crippen LogP contribution in [0.3, 0.4) is 0 Å². The van der Waals surface area contributed by atoms with Crippen molar-refractivity contribution >= 4 is 28.7 Å². The number of benzene rings is 2. The Morgan fingerprint density at radius 3 is 2.39 bits per heavy atom. The molecule has 0 saturated carbocycles. The molecule has 3 aromatic rings. The maximum atomic E-state index is 12.6. The first-order valence-electron chi connectivity index (χ1n) is 7.20. The van der Waals surface area contributed by atoms with E-state index in [-0.39, 0.29) is 11.7 Å². The number of aryl methyl sites for hydroxylation is 1. The Hall–Kier alpha value is -2.72. The molecule has 0 spiro atoms. The second kappa shape index (κ2) is 6.58. The zero-order valence-corrected chi connectivity index (χ0v) is 13.4. The summed E-state index contributed by atoms with van der Waals surface area (Å²) in [6.45, 7) is 1.96. The Morgan fingerprint density at radius 2 is 1.70 bits per heavy atom. The average molecular weight is 321 g/mol. The third-order valence-electron chi connectivity index (χ3n) is 3.44. The molecule has 3 nitrogen and oxygen atoms in total. The fourth-order valence-electron chi connectivity index (χ4n) is 2.34. The molecule has 4 heteroatoms. The van der Waals surface area contributed by atoms with Crippen molar-refractivity contribution in [3.8, 4) is 0 Å². The van der Waals surface area contributed by atoms with E-state index in [1.165, 1.54) is 11.3 Å². The number of carbonyl (C=O) groups is 2. The molecule has 3 rings (SSSR count). The Labute approximate surface area is 138 Å². The molecule has 0 saturated heterocycles.